The minimum Gasteiger partial charge on any atom is -0.375 e. The number of rotatable bonds is 5. The van der Waals surface area contributed by atoms with Crippen molar-refractivity contribution in [2.24, 2.45) is 11.8 Å². The predicted octanol–water partition coefficient (Wildman–Crippen LogP) is 4.48. The Kier molecular flexibility index (Phi) is 6.35. The highest BCUT2D eigenvalue weighted by molar-refractivity contribution is 4.83. The minimum absolute atomic E-state index is 0.378. The third kappa shape index (κ3) is 4.73. The number of hydrogen-bond acceptors (Lipinski definition) is 2. The summed E-state index contributed by atoms with van der Waals surface area (Å²) in [5, 5.41) is 0. The van der Waals surface area contributed by atoms with E-state index in [4.69, 9.17) is 4.74 Å². The van der Waals surface area contributed by atoms with Crippen LogP contribution in [0.5, 0.6) is 0 Å². The molecule has 0 bridgehead atoms. The summed E-state index contributed by atoms with van der Waals surface area (Å²) in [6.45, 7) is 11.6. The summed E-state index contributed by atoms with van der Waals surface area (Å²) < 4.78 is 6.00. The summed E-state index contributed by atoms with van der Waals surface area (Å²) in [6, 6.07) is 0.705. The van der Waals surface area contributed by atoms with E-state index in [-0.39, 0.29) is 0 Å². The van der Waals surface area contributed by atoms with Gasteiger partial charge >= 0.3 is 0 Å². The molecule has 1 unspecified atom stereocenters. The van der Waals surface area contributed by atoms with Gasteiger partial charge in [0.1, 0.15) is 0 Å². The summed E-state index contributed by atoms with van der Waals surface area (Å²) in [5.41, 5.74) is 0. The lowest BCUT2D eigenvalue weighted by molar-refractivity contribution is -0.0451. The van der Waals surface area contributed by atoms with Crippen LogP contribution in [0.1, 0.15) is 72.6 Å². The van der Waals surface area contributed by atoms with Gasteiger partial charge in [-0.25, -0.2) is 0 Å². The first-order chi connectivity index (χ1) is 9.58. The van der Waals surface area contributed by atoms with Crippen LogP contribution in [0.15, 0.2) is 0 Å². The number of nitrogens with zero attached hydrogens (tertiary/aromatic N) is 1. The quantitative estimate of drug-likeness (QED) is 0.736. The molecule has 0 aromatic heterocycles. The number of piperidine rings is 1. The van der Waals surface area contributed by atoms with Crippen molar-refractivity contribution in [3.63, 3.8) is 0 Å². The van der Waals surface area contributed by atoms with Gasteiger partial charge in [-0.15, -0.1) is 0 Å². The van der Waals surface area contributed by atoms with E-state index in [9.17, 15) is 0 Å². The lowest BCUT2D eigenvalue weighted by Crippen LogP contribution is -2.46. The smallest absolute Gasteiger partial charge is 0.0605 e. The summed E-state index contributed by atoms with van der Waals surface area (Å²) in [6.07, 6.45) is 10.6. The molecule has 2 rings (SSSR count). The molecule has 0 amide bonds. The maximum atomic E-state index is 6.00. The molecule has 2 nitrogen and oxygen atoms in total. The van der Waals surface area contributed by atoms with E-state index in [0.29, 0.717) is 18.2 Å². The Hall–Kier alpha value is -0.0800. The van der Waals surface area contributed by atoms with Crippen molar-refractivity contribution in [1.82, 2.24) is 4.90 Å². The largest absolute Gasteiger partial charge is 0.375 e. The second-order valence-corrected chi connectivity index (χ2v) is 7.47. The van der Waals surface area contributed by atoms with Gasteiger partial charge in [0.15, 0.2) is 0 Å². The van der Waals surface area contributed by atoms with Crippen molar-refractivity contribution >= 4 is 0 Å². The summed E-state index contributed by atoms with van der Waals surface area (Å²) in [7, 11) is 0. The second-order valence-electron chi connectivity index (χ2n) is 7.47. The van der Waals surface area contributed by atoms with Gasteiger partial charge in [-0.3, -0.25) is 0 Å². The normalized spacial score (nSPS) is 36.5. The van der Waals surface area contributed by atoms with Gasteiger partial charge in [-0.2, -0.15) is 0 Å². The first-order valence-corrected chi connectivity index (χ1v) is 8.98. The Labute approximate surface area is 126 Å². The molecule has 1 saturated carbocycles. The third-order valence-corrected chi connectivity index (χ3v) is 5.47. The highest BCUT2D eigenvalue weighted by Gasteiger charge is 2.29. The number of ether oxygens (including phenoxy) is 1. The van der Waals surface area contributed by atoms with Crippen LogP contribution in [0, 0.1) is 11.8 Å². The van der Waals surface area contributed by atoms with Crippen LogP contribution < -0.4 is 0 Å². The molecule has 0 spiro atoms. The van der Waals surface area contributed by atoms with E-state index in [1.165, 1.54) is 58.0 Å². The van der Waals surface area contributed by atoms with Crippen molar-refractivity contribution in [2.75, 3.05) is 13.1 Å². The van der Waals surface area contributed by atoms with Crippen LogP contribution in [0.4, 0.5) is 0 Å². The Morgan fingerprint density at radius 3 is 2.25 bits per heavy atom. The Bertz CT molecular complexity index is 271. The molecule has 0 aromatic carbocycles. The molecular formula is C18H35NO. The molecule has 2 fully saturated rings. The molecule has 0 radical (unpaired) electrons. The summed E-state index contributed by atoms with van der Waals surface area (Å²) in [4.78, 5) is 2.73. The highest BCUT2D eigenvalue weighted by Crippen LogP contribution is 2.32. The second kappa shape index (κ2) is 7.79. The van der Waals surface area contributed by atoms with Crippen molar-refractivity contribution < 1.29 is 4.74 Å². The van der Waals surface area contributed by atoms with Crippen molar-refractivity contribution in [2.45, 2.75) is 90.9 Å². The first kappa shape index (κ1) is 16.3. The molecule has 1 saturated heterocycles. The van der Waals surface area contributed by atoms with E-state index < -0.39 is 0 Å². The molecule has 20 heavy (non-hydrogen) atoms. The van der Waals surface area contributed by atoms with E-state index in [0.717, 1.165) is 11.8 Å². The fraction of sp³-hybridized carbons (Fsp3) is 1.00. The molecule has 0 N–H and O–H groups in total. The Balaban J connectivity index is 1.72. The monoisotopic (exact) mass is 281 g/mol. The van der Waals surface area contributed by atoms with Gasteiger partial charge in [0.2, 0.25) is 0 Å². The van der Waals surface area contributed by atoms with E-state index in [1.54, 1.807) is 0 Å². The molecule has 1 heterocycles. The maximum absolute atomic E-state index is 6.00. The van der Waals surface area contributed by atoms with Crippen LogP contribution in [0.2, 0.25) is 0 Å². The van der Waals surface area contributed by atoms with Crippen molar-refractivity contribution in [3.8, 4) is 0 Å². The average molecular weight is 281 g/mol. The van der Waals surface area contributed by atoms with Crippen LogP contribution in [-0.4, -0.2) is 36.2 Å². The average Bonchev–Trinajstić information content (AvgIpc) is 2.42. The molecule has 2 heteroatoms. The SMILES string of the molecule is CCC1CCC(CN2CCC(OC(C)C)C[C@@H]2C)CC1. The third-order valence-electron chi connectivity index (χ3n) is 5.47. The number of hydrogen-bond donors (Lipinski definition) is 0. The Morgan fingerprint density at radius 2 is 1.70 bits per heavy atom. The molecule has 1 aliphatic heterocycles. The lowest BCUT2D eigenvalue weighted by atomic mass is 9.80. The summed E-state index contributed by atoms with van der Waals surface area (Å²) in [5.74, 6) is 1.98. The van der Waals surface area contributed by atoms with Gasteiger partial charge in [0, 0.05) is 19.1 Å². The molecule has 2 atom stereocenters. The molecule has 2 aliphatic rings. The minimum atomic E-state index is 0.378. The van der Waals surface area contributed by atoms with Crippen LogP contribution >= 0.6 is 0 Å². The zero-order valence-electron chi connectivity index (χ0n) is 14.1. The van der Waals surface area contributed by atoms with E-state index in [2.05, 4.69) is 32.6 Å². The number of likely N-dealkylation sites (tertiary alicyclic amines) is 1. The van der Waals surface area contributed by atoms with Gasteiger partial charge < -0.3 is 9.64 Å². The Morgan fingerprint density at radius 1 is 1.05 bits per heavy atom. The van der Waals surface area contributed by atoms with Gasteiger partial charge in [0.05, 0.1) is 12.2 Å². The van der Waals surface area contributed by atoms with Gasteiger partial charge in [-0.1, -0.05) is 26.2 Å². The molecule has 118 valence electrons. The molecule has 0 aromatic rings. The van der Waals surface area contributed by atoms with Gasteiger partial charge in [-0.05, 0) is 58.3 Å². The van der Waals surface area contributed by atoms with Crippen LogP contribution in [-0.2, 0) is 4.74 Å². The molecular weight excluding hydrogens is 246 g/mol. The molecule has 1 aliphatic carbocycles. The topological polar surface area (TPSA) is 12.5 Å². The lowest BCUT2D eigenvalue weighted by Gasteiger charge is -2.41. The zero-order valence-corrected chi connectivity index (χ0v) is 14.1. The summed E-state index contributed by atoms with van der Waals surface area (Å²) >= 11 is 0. The van der Waals surface area contributed by atoms with Crippen LogP contribution in [0.25, 0.3) is 0 Å². The van der Waals surface area contributed by atoms with Crippen molar-refractivity contribution in [1.29, 1.82) is 0 Å². The van der Waals surface area contributed by atoms with Crippen LogP contribution in [0.3, 0.4) is 0 Å². The van der Waals surface area contributed by atoms with Crippen molar-refractivity contribution in [3.05, 3.63) is 0 Å². The maximum Gasteiger partial charge on any atom is 0.0605 e. The van der Waals surface area contributed by atoms with E-state index in [1.807, 2.05) is 0 Å². The fourth-order valence-electron chi connectivity index (χ4n) is 4.11. The zero-order chi connectivity index (χ0) is 14.5. The first-order valence-electron chi connectivity index (χ1n) is 8.98. The standard InChI is InChI=1S/C18H35NO/c1-5-16-6-8-17(9-7-16)13-19-11-10-18(12-15(19)4)20-14(2)3/h14-18H,5-13H2,1-4H3/t15-,16?,17?,18?/m0/s1. The highest BCUT2D eigenvalue weighted by atomic mass is 16.5. The fourth-order valence-corrected chi connectivity index (χ4v) is 4.11. The van der Waals surface area contributed by atoms with E-state index >= 15 is 0 Å². The van der Waals surface area contributed by atoms with Gasteiger partial charge in [0.25, 0.3) is 0 Å². The predicted molar refractivity (Wildman–Crippen MR) is 86.0 cm³/mol.